The molecule has 0 aliphatic carbocycles. The van der Waals surface area contributed by atoms with Crippen molar-refractivity contribution in [1.29, 1.82) is 0 Å². The molecule has 0 saturated heterocycles. The van der Waals surface area contributed by atoms with Crippen LogP contribution in [0.15, 0.2) is 54.6 Å². The monoisotopic (exact) mass is 371 g/mol. The van der Waals surface area contributed by atoms with Crippen molar-refractivity contribution in [2.75, 3.05) is 31.7 Å². The van der Waals surface area contributed by atoms with Gasteiger partial charge in [-0.15, -0.1) is 0 Å². The topological polar surface area (TPSA) is 73.9 Å². The summed E-state index contributed by atoms with van der Waals surface area (Å²) in [7, 11) is 0. The van der Waals surface area contributed by atoms with Gasteiger partial charge in [0.2, 0.25) is 5.91 Å². The fourth-order valence-corrected chi connectivity index (χ4v) is 2.18. The molecule has 2 aromatic rings. The molecule has 0 heterocycles. The molecular formula is C21H25NO5. The Kier molecular flexibility index (Phi) is 8.86. The van der Waals surface area contributed by atoms with Gasteiger partial charge in [-0.05, 0) is 42.8 Å². The zero-order valence-electron chi connectivity index (χ0n) is 15.5. The molecule has 6 nitrogen and oxygen atoms in total. The number of esters is 1. The average molecular weight is 371 g/mol. The Hall–Kier alpha value is -2.86. The first-order valence-electron chi connectivity index (χ1n) is 9.01. The van der Waals surface area contributed by atoms with Crippen molar-refractivity contribution in [2.45, 2.75) is 19.8 Å². The number of carbonyl (C=O) groups is 2. The number of unbranched alkanes of at least 4 members (excludes halogenated alkanes) is 1. The summed E-state index contributed by atoms with van der Waals surface area (Å²) >= 11 is 0. The van der Waals surface area contributed by atoms with Crippen LogP contribution in [0.3, 0.4) is 0 Å². The minimum Gasteiger partial charge on any atom is -0.491 e. The van der Waals surface area contributed by atoms with Gasteiger partial charge >= 0.3 is 5.97 Å². The highest BCUT2D eigenvalue weighted by molar-refractivity contribution is 5.93. The van der Waals surface area contributed by atoms with Crippen LogP contribution in [0.2, 0.25) is 0 Å². The Labute approximate surface area is 159 Å². The van der Waals surface area contributed by atoms with E-state index in [2.05, 4.69) is 5.32 Å². The molecule has 0 atom stereocenters. The first kappa shape index (κ1) is 20.5. The van der Waals surface area contributed by atoms with Crippen LogP contribution in [0.4, 0.5) is 5.69 Å². The van der Waals surface area contributed by atoms with Crippen LogP contribution in [-0.4, -0.2) is 38.3 Å². The molecule has 2 rings (SSSR count). The predicted octanol–water partition coefficient (Wildman–Crippen LogP) is 3.68. The van der Waals surface area contributed by atoms with Crippen LogP contribution >= 0.6 is 0 Å². The number of benzene rings is 2. The van der Waals surface area contributed by atoms with Gasteiger partial charge in [-0.2, -0.15) is 0 Å². The molecule has 6 heteroatoms. The maximum Gasteiger partial charge on any atom is 0.338 e. The number of hydrogen-bond acceptors (Lipinski definition) is 5. The molecule has 0 spiro atoms. The van der Waals surface area contributed by atoms with E-state index in [1.807, 2.05) is 37.3 Å². The van der Waals surface area contributed by atoms with Crippen LogP contribution in [-0.2, 0) is 14.3 Å². The second-order valence-electron chi connectivity index (χ2n) is 5.83. The summed E-state index contributed by atoms with van der Waals surface area (Å²) in [6, 6.07) is 16.0. The van der Waals surface area contributed by atoms with E-state index in [0.29, 0.717) is 31.1 Å². The van der Waals surface area contributed by atoms with E-state index in [4.69, 9.17) is 14.2 Å². The summed E-state index contributed by atoms with van der Waals surface area (Å²) in [6.07, 6.45) is 1.81. The Balaban J connectivity index is 1.64. The summed E-state index contributed by atoms with van der Waals surface area (Å²) in [5.41, 5.74) is 1.05. The fourth-order valence-electron chi connectivity index (χ4n) is 2.18. The SMILES string of the molecule is CCCCOC(=O)c1ccc(NC(=O)COCCOc2ccccc2)cc1. The van der Waals surface area contributed by atoms with Crippen LogP contribution in [0.1, 0.15) is 30.1 Å². The van der Waals surface area contributed by atoms with Crippen molar-refractivity contribution in [2.24, 2.45) is 0 Å². The van der Waals surface area contributed by atoms with E-state index in [1.54, 1.807) is 24.3 Å². The minimum atomic E-state index is -0.358. The zero-order valence-corrected chi connectivity index (χ0v) is 15.5. The Morgan fingerprint density at radius 3 is 2.37 bits per heavy atom. The van der Waals surface area contributed by atoms with Crippen LogP contribution in [0, 0.1) is 0 Å². The van der Waals surface area contributed by atoms with Crippen molar-refractivity contribution in [3.05, 3.63) is 60.2 Å². The van der Waals surface area contributed by atoms with Crippen molar-refractivity contribution >= 4 is 17.6 Å². The molecule has 1 N–H and O–H groups in total. The third-order valence-corrected chi connectivity index (χ3v) is 3.61. The lowest BCUT2D eigenvalue weighted by molar-refractivity contribution is -0.120. The standard InChI is InChI=1S/C21H25NO5/c1-2-3-13-27-21(24)17-9-11-18(12-10-17)22-20(23)16-25-14-15-26-19-7-5-4-6-8-19/h4-12H,2-3,13-16H2,1H3,(H,22,23). The van der Waals surface area contributed by atoms with Gasteiger partial charge < -0.3 is 19.5 Å². The van der Waals surface area contributed by atoms with E-state index in [0.717, 1.165) is 18.6 Å². The molecule has 0 aromatic heterocycles. The molecule has 0 radical (unpaired) electrons. The maximum absolute atomic E-state index is 11.9. The molecule has 27 heavy (non-hydrogen) atoms. The normalized spacial score (nSPS) is 10.3. The van der Waals surface area contributed by atoms with Crippen molar-refractivity contribution in [3.63, 3.8) is 0 Å². The van der Waals surface area contributed by atoms with Gasteiger partial charge in [0.25, 0.3) is 0 Å². The first-order chi connectivity index (χ1) is 13.2. The second kappa shape index (κ2) is 11.7. The summed E-state index contributed by atoms with van der Waals surface area (Å²) in [5, 5.41) is 2.71. The van der Waals surface area contributed by atoms with Crippen molar-refractivity contribution in [3.8, 4) is 5.75 Å². The number of amides is 1. The quantitative estimate of drug-likeness (QED) is 0.482. The lowest BCUT2D eigenvalue weighted by Gasteiger charge is -2.08. The number of nitrogens with one attached hydrogen (secondary N) is 1. The summed E-state index contributed by atoms with van der Waals surface area (Å²) in [5.74, 6) is 0.134. The van der Waals surface area contributed by atoms with E-state index < -0.39 is 0 Å². The summed E-state index contributed by atoms with van der Waals surface area (Å²) < 4.78 is 15.9. The third kappa shape index (κ3) is 7.92. The predicted molar refractivity (Wildman–Crippen MR) is 103 cm³/mol. The summed E-state index contributed by atoms with van der Waals surface area (Å²) in [6.45, 7) is 3.06. The van der Waals surface area contributed by atoms with E-state index >= 15 is 0 Å². The second-order valence-corrected chi connectivity index (χ2v) is 5.83. The molecule has 2 aromatic carbocycles. The molecule has 0 aliphatic rings. The largest absolute Gasteiger partial charge is 0.491 e. The van der Waals surface area contributed by atoms with Gasteiger partial charge in [0.15, 0.2) is 0 Å². The van der Waals surface area contributed by atoms with Gasteiger partial charge in [0.05, 0.1) is 18.8 Å². The molecule has 1 amide bonds. The van der Waals surface area contributed by atoms with Gasteiger partial charge in [-0.1, -0.05) is 31.5 Å². The highest BCUT2D eigenvalue weighted by Crippen LogP contribution is 2.11. The number of anilines is 1. The van der Waals surface area contributed by atoms with Crippen molar-refractivity contribution < 1.29 is 23.8 Å². The number of hydrogen-bond donors (Lipinski definition) is 1. The van der Waals surface area contributed by atoms with Gasteiger partial charge in [-0.25, -0.2) is 4.79 Å². The van der Waals surface area contributed by atoms with E-state index in [9.17, 15) is 9.59 Å². The molecule has 0 saturated carbocycles. The average Bonchev–Trinajstić information content (AvgIpc) is 2.69. The first-order valence-corrected chi connectivity index (χ1v) is 9.01. The van der Waals surface area contributed by atoms with Crippen LogP contribution < -0.4 is 10.1 Å². The smallest absolute Gasteiger partial charge is 0.338 e. The van der Waals surface area contributed by atoms with E-state index in [-0.39, 0.29) is 18.5 Å². The lowest BCUT2D eigenvalue weighted by atomic mass is 10.2. The zero-order chi connectivity index (χ0) is 19.3. The van der Waals surface area contributed by atoms with Gasteiger partial charge in [-0.3, -0.25) is 4.79 Å². The molecule has 0 aliphatic heterocycles. The van der Waals surface area contributed by atoms with E-state index in [1.165, 1.54) is 0 Å². The minimum absolute atomic E-state index is 0.0705. The number of carbonyl (C=O) groups excluding carboxylic acids is 2. The fraction of sp³-hybridized carbons (Fsp3) is 0.333. The van der Waals surface area contributed by atoms with Gasteiger partial charge in [0.1, 0.15) is 19.0 Å². The lowest BCUT2D eigenvalue weighted by Crippen LogP contribution is -2.20. The molecule has 0 fully saturated rings. The molecule has 144 valence electrons. The van der Waals surface area contributed by atoms with Crippen molar-refractivity contribution in [1.82, 2.24) is 0 Å². The molecule has 0 unspecified atom stereocenters. The maximum atomic E-state index is 11.9. The van der Waals surface area contributed by atoms with Gasteiger partial charge in [0, 0.05) is 5.69 Å². The Morgan fingerprint density at radius 2 is 1.67 bits per heavy atom. The Bertz CT molecular complexity index is 700. The summed E-state index contributed by atoms with van der Waals surface area (Å²) in [4.78, 5) is 23.7. The number of rotatable bonds is 11. The van der Waals surface area contributed by atoms with Crippen LogP contribution in [0.5, 0.6) is 5.75 Å². The highest BCUT2D eigenvalue weighted by atomic mass is 16.5. The third-order valence-electron chi connectivity index (χ3n) is 3.61. The van der Waals surface area contributed by atoms with Crippen LogP contribution in [0.25, 0.3) is 0 Å². The molecular weight excluding hydrogens is 346 g/mol. The number of ether oxygens (including phenoxy) is 3. The highest BCUT2D eigenvalue weighted by Gasteiger charge is 2.08. The number of para-hydroxylation sites is 1. The molecule has 0 bridgehead atoms. The Morgan fingerprint density at radius 1 is 0.926 bits per heavy atom.